The lowest BCUT2D eigenvalue weighted by Gasteiger charge is -2.20. The lowest BCUT2D eigenvalue weighted by molar-refractivity contribution is 0.294. The molecule has 3 rings (SSSR count). The van der Waals surface area contributed by atoms with E-state index in [4.69, 9.17) is 0 Å². The van der Waals surface area contributed by atoms with Gasteiger partial charge in [-0.05, 0) is 50.0 Å². The molecule has 0 amide bonds. The van der Waals surface area contributed by atoms with Gasteiger partial charge in [0, 0.05) is 18.5 Å². The van der Waals surface area contributed by atoms with Crippen molar-refractivity contribution < 1.29 is 0 Å². The van der Waals surface area contributed by atoms with Crippen molar-refractivity contribution >= 4 is 16.7 Å². The Kier molecular flexibility index (Phi) is 4.16. The normalized spacial score (nSPS) is 17.4. The molecule has 0 radical (unpaired) electrons. The molecule has 1 aliphatic rings. The molecule has 3 heteroatoms. The summed E-state index contributed by atoms with van der Waals surface area (Å²) in [5.41, 5.74) is 1.06. The second kappa shape index (κ2) is 6.23. The van der Waals surface area contributed by atoms with Gasteiger partial charge >= 0.3 is 0 Å². The molecular formula is C17H23N3. The van der Waals surface area contributed by atoms with Gasteiger partial charge in [0.15, 0.2) is 0 Å². The molecule has 2 aromatic rings. The van der Waals surface area contributed by atoms with Gasteiger partial charge in [0.05, 0.1) is 5.52 Å². The van der Waals surface area contributed by atoms with Crippen LogP contribution in [0.1, 0.15) is 19.8 Å². The number of nitrogens with zero attached hydrogens (tertiary/aromatic N) is 2. The molecule has 0 aliphatic carbocycles. The van der Waals surface area contributed by atoms with Crippen LogP contribution in [0.15, 0.2) is 36.4 Å². The Labute approximate surface area is 121 Å². The number of anilines is 1. The molecule has 1 aromatic carbocycles. The summed E-state index contributed by atoms with van der Waals surface area (Å²) < 4.78 is 0. The minimum atomic E-state index is 0.654. The lowest BCUT2D eigenvalue weighted by atomic mass is 10.1. The van der Waals surface area contributed by atoms with Crippen LogP contribution in [0.2, 0.25) is 0 Å². The van der Waals surface area contributed by atoms with Crippen molar-refractivity contribution in [1.82, 2.24) is 9.88 Å². The van der Waals surface area contributed by atoms with Gasteiger partial charge in [0.25, 0.3) is 0 Å². The molecule has 1 aliphatic heterocycles. The molecule has 2 heterocycles. The topological polar surface area (TPSA) is 28.2 Å². The molecule has 0 saturated carbocycles. The number of fused-ring (bicyclic) bond motifs is 1. The SMILES string of the molecule is CC(CNc1ccc2ccccc2n1)CN1CCCC1. The summed E-state index contributed by atoms with van der Waals surface area (Å²) >= 11 is 0. The van der Waals surface area contributed by atoms with Gasteiger partial charge in [0.2, 0.25) is 0 Å². The van der Waals surface area contributed by atoms with Gasteiger partial charge in [-0.2, -0.15) is 0 Å². The van der Waals surface area contributed by atoms with Crippen molar-refractivity contribution in [3.05, 3.63) is 36.4 Å². The van der Waals surface area contributed by atoms with E-state index >= 15 is 0 Å². The third-order valence-corrected chi connectivity index (χ3v) is 4.00. The predicted molar refractivity (Wildman–Crippen MR) is 85.1 cm³/mol. The maximum atomic E-state index is 4.65. The maximum absolute atomic E-state index is 4.65. The number of hydrogen-bond donors (Lipinski definition) is 1. The zero-order valence-electron chi connectivity index (χ0n) is 12.2. The number of benzene rings is 1. The summed E-state index contributed by atoms with van der Waals surface area (Å²) in [6, 6.07) is 12.5. The monoisotopic (exact) mass is 269 g/mol. The fourth-order valence-corrected chi connectivity index (χ4v) is 2.91. The van der Waals surface area contributed by atoms with Crippen molar-refractivity contribution in [2.24, 2.45) is 5.92 Å². The van der Waals surface area contributed by atoms with E-state index in [1.807, 2.05) is 6.07 Å². The Morgan fingerprint density at radius 3 is 2.80 bits per heavy atom. The molecule has 3 nitrogen and oxygen atoms in total. The lowest BCUT2D eigenvalue weighted by Crippen LogP contribution is -2.29. The van der Waals surface area contributed by atoms with Gasteiger partial charge in [-0.1, -0.05) is 25.1 Å². The van der Waals surface area contributed by atoms with Crippen molar-refractivity contribution in [1.29, 1.82) is 0 Å². The highest BCUT2D eigenvalue weighted by Crippen LogP contribution is 2.15. The number of likely N-dealkylation sites (tertiary alicyclic amines) is 1. The van der Waals surface area contributed by atoms with Crippen molar-refractivity contribution in [2.75, 3.05) is 31.5 Å². The molecular weight excluding hydrogens is 246 g/mol. The summed E-state index contributed by atoms with van der Waals surface area (Å²) in [7, 11) is 0. The second-order valence-corrected chi connectivity index (χ2v) is 5.88. The first kappa shape index (κ1) is 13.4. The van der Waals surface area contributed by atoms with Gasteiger partial charge in [0.1, 0.15) is 5.82 Å². The smallest absolute Gasteiger partial charge is 0.126 e. The molecule has 1 atom stereocenters. The summed E-state index contributed by atoms with van der Waals surface area (Å²) in [4.78, 5) is 7.22. The molecule has 20 heavy (non-hydrogen) atoms. The average Bonchev–Trinajstić information content (AvgIpc) is 2.98. The number of aromatic nitrogens is 1. The van der Waals surface area contributed by atoms with Crippen molar-refractivity contribution in [2.45, 2.75) is 19.8 Å². The predicted octanol–water partition coefficient (Wildman–Crippen LogP) is 3.38. The molecule has 1 N–H and O–H groups in total. The minimum absolute atomic E-state index is 0.654. The van der Waals surface area contributed by atoms with Crippen LogP contribution in [0.3, 0.4) is 0 Å². The van der Waals surface area contributed by atoms with Crippen LogP contribution in [0.4, 0.5) is 5.82 Å². The Morgan fingerprint density at radius 1 is 1.15 bits per heavy atom. The first-order valence-corrected chi connectivity index (χ1v) is 7.63. The van der Waals surface area contributed by atoms with Gasteiger partial charge in [-0.3, -0.25) is 0 Å². The number of para-hydroxylation sites is 1. The van der Waals surface area contributed by atoms with E-state index in [-0.39, 0.29) is 0 Å². The Bertz CT molecular complexity index is 561. The van der Waals surface area contributed by atoms with Crippen LogP contribution < -0.4 is 5.32 Å². The summed E-state index contributed by atoms with van der Waals surface area (Å²) in [6.07, 6.45) is 2.73. The quantitative estimate of drug-likeness (QED) is 0.902. The molecule has 0 bridgehead atoms. The van der Waals surface area contributed by atoms with Crippen LogP contribution >= 0.6 is 0 Å². The third kappa shape index (κ3) is 3.28. The van der Waals surface area contributed by atoms with E-state index in [9.17, 15) is 0 Å². The van der Waals surface area contributed by atoms with E-state index in [1.54, 1.807) is 0 Å². The zero-order chi connectivity index (χ0) is 13.8. The largest absolute Gasteiger partial charge is 0.370 e. The van der Waals surface area contributed by atoms with Crippen molar-refractivity contribution in [3.8, 4) is 0 Å². The van der Waals surface area contributed by atoms with Crippen LogP contribution in [0.25, 0.3) is 10.9 Å². The van der Waals surface area contributed by atoms with E-state index in [0.29, 0.717) is 5.92 Å². The van der Waals surface area contributed by atoms with Gasteiger partial charge in [-0.15, -0.1) is 0 Å². The Balaban J connectivity index is 1.56. The van der Waals surface area contributed by atoms with Gasteiger partial charge in [-0.25, -0.2) is 4.98 Å². The van der Waals surface area contributed by atoms with Crippen LogP contribution in [-0.2, 0) is 0 Å². The molecule has 1 saturated heterocycles. The molecule has 1 fully saturated rings. The molecule has 0 spiro atoms. The van der Waals surface area contributed by atoms with Crippen LogP contribution in [0.5, 0.6) is 0 Å². The Hall–Kier alpha value is -1.61. The Morgan fingerprint density at radius 2 is 1.95 bits per heavy atom. The number of nitrogens with one attached hydrogen (secondary N) is 1. The highest BCUT2D eigenvalue weighted by molar-refractivity contribution is 5.79. The fraction of sp³-hybridized carbons (Fsp3) is 0.471. The fourth-order valence-electron chi connectivity index (χ4n) is 2.91. The highest BCUT2D eigenvalue weighted by Gasteiger charge is 2.14. The summed E-state index contributed by atoms with van der Waals surface area (Å²) in [6.45, 7) is 7.05. The summed E-state index contributed by atoms with van der Waals surface area (Å²) in [5, 5.41) is 4.67. The van der Waals surface area contributed by atoms with E-state index < -0.39 is 0 Å². The first-order valence-electron chi connectivity index (χ1n) is 7.63. The molecule has 1 aromatic heterocycles. The van der Waals surface area contributed by atoms with E-state index in [0.717, 1.165) is 17.9 Å². The maximum Gasteiger partial charge on any atom is 0.126 e. The number of pyridine rings is 1. The molecule has 106 valence electrons. The van der Waals surface area contributed by atoms with E-state index in [2.05, 4.69) is 52.5 Å². The van der Waals surface area contributed by atoms with E-state index in [1.165, 1.54) is 37.9 Å². The van der Waals surface area contributed by atoms with Crippen LogP contribution in [0, 0.1) is 5.92 Å². The first-order chi connectivity index (χ1) is 9.81. The number of hydrogen-bond acceptors (Lipinski definition) is 3. The third-order valence-electron chi connectivity index (χ3n) is 4.00. The highest BCUT2D eigenvalue weighted by atomic mass is 15.1. The second-order valence-electron chi connectivity index (χ2n) is 5.88. The zero-order valence-corrected chi connectivity index (χ0v) is 12.2. The van der Waals surface area contributed by atoms with Crippen molar-refractivity contribution in [3.63, 3.8) is 0 Å². The minimum Gasteiger partial charge on any atom is -0.370 e. The van der Waals surface area contributed by atoms with Crippen LogP contribution in [-0.4, -0.2) is 36.1 Å². The molecule has 1 unspecified atom stereocenters. The average molecular weight is 269 g/mol. The number of rotatable bonds is 5. The van der Waals surface area contributed by atoms with Gasteiger partial charge < -0.3 is 10.2 Å². The standard InChI is InChI=1S/C17H23N3/c1-14(13-20-10-4-5-11-20)12-18-17-9-8-15-6-2-3-7-16(15)19-17/h2-3,6-9,14H,4-5,10-13H2,1H3,(H,18,19). The summed E-state index contributed by atoms with van der Waals surface area (Å²) in [5.74, 6) is 1.64.